The van der Waals surface area contributed by atoms with Crippen LogP contribution >= 0.6 is 0 Å². The zero-order chi connectivity index (χ0) is 21.1. The number of nitrogens with one attached hydrogen (secondary N) is 1. The number of rotatable bonds is 5. The number of ether oxygens (including phenoxy) is 1. The predicted molar refractivity (Wildman–Crippen MR) is 117 cm³/mol. The van der Waals surface area contributed by atoms with Gasteiger partial charge in [0.1, 0.15) is 12.3 Å². The summed E-state index contributed by atoms with van der Waals surface area (Å²) in [6.07, 6.45) is 1.25. The van der Waals surface area contributed by atoms with E-state index in [9.17, 15) is 9.59 Å². The second-order valence-electron chi connectivity index (χ2n) is 8.20. The second-order valence-corrected chi connectivity index (χ2v) is 8.20. The van der Waals surface area contributed by atoms with E-state index in [0.29, 0.717) is 11.4 Å². The standard InChI is InChI=1S/C24H29N3O3/c1-17-7-3-4-8-19(17)15-26-13-11-20(12-14-26)25-23(28)16-27-21-9-5-6-10-22(21)30-18(2)24(27)29/h3-10,18,20H,11-16H2,1-2H3,(H,25,28)/t18-/m0/s1. The monoisotopic (exact) mass is 407 g/mol. The zero-order valence-corrected chi connectivity index (χ0v) is 17.6. The highest BCUT2D eigenvalue weighted by molar-refractivity contribution is 6.03. The Labute approximate surface area is 177 Å². The smallest absolute Gasteiger partial charge is 0.268 e. The number of hydrogen-bond donors (Lipinski definition) is 1. The van der Waals surface area contributed by atoms with Crippen molar-refractivity contribution in [2.45, 2.75) is 45.4 Å². The van der Waals surface area contributed by atoms with Crippen molar-refractivity contribution in [3.63, 3.8) is 0 Å². The van der Waals surface area contributed by atoms with Crippen LogP contribution in [0, 0.1) is 6.92 Å². The van der Waals surface area contributed by atoms with Crippen LogP contribution in [0.3, 0.4) is 0 Å². The topological polar surface area (TPSA) is 61.9 Å². The third-order valence-corrected chi connectivity index (χ3v) is 5.98. The van der Waals surface area contributed by atoms with Crippen LogP contribution in [0.15, 0.2) is 48.5 Å². The van der Waals surface area contributed by atoms with E-state index in [1.54, 1.807) is 6.92 Å². The van der Waals surface area contributed by atoms with Gasteiger partial charge in [0.25, 0.3) is 5.91 Å². The van der Waals surface area contributed by atoms with Crippen molar-refractivity contribution in [2.75, 3.05) is 24.5 Å². The largest absolute Gasteiger partial charge is 0.479 e. The molecule has 0 aliphatic carbocycles. The number of nitrogens with zero attached hydrogens (tertiary/aromatic N) is 2. The Morgan fingerprint density at radius 2 is 1.80 bits per heavy atom. The summed E-state index contributed by atoms with van der Waals surface area (Å²) in [7, 11) is 0. The number of likely N-dealkylation sites (tertiary alicyclic amines) is 1. The minimum absolute atomic E-state index is 0.0208. The molecule has 2 aromatic carbocycles. The number of para-hydroxylation sites is 2. The fraction of sp³-hybridized carbons (Fsp3) is 0.417. The summed E-state index contributed by atoms with van der Waals surface area (Å²) in [4.78, 5) is 29.2. The van der Waals surface area contributed by atoms with Crippen molar-refractivity contribution >= 4 is 17.5 Å². The van der Waals surface area contributed by atoms with Gasteiger partial charge in [-0.2, -0.15) is 0 Å². The molecule has 30 heavy (non-hydrogen) atoms. The molecule has 2 heterocycles. The van der Waals surface area contributed by atoms with Gasteiger partial charge in [-0.25, -0.2) is 0 Å². The first-order valence-electron chi connectivity index (χ1n) is 10.6. The quantitative estimate of drug-likeness (QED) is 0.828. The van der Waals surface area contributed by atoms with Crippen molar-refractivity contribution in [1.29, 1.82) is 0 Å². The van der Waals surface area contributed by atoms with Crippen LogP contribution in [-0.2, 0) is 16.1 Å². The van der Waals surface area contributed by atoms with Crippen molar-refractivity contribution in [3.8, 4) is 5.75 Å². The zero-order valence-electron chi connectivity index (χ0n) is 17.6. The minimum Gasteiger partial charge on any atom is -0.479 e. The molecule has 6 nitrogen and oxygen atoms in total. The molecule has 0 aromatic heterocycles. The average molecular weight is 408 g/mol. The number of carbonyl (C=O) groups excluding carboxylic acids is 2. The maximum absolute atomic E-state index is 12.7. The fourth-order valence-electron chi connectivity index (χ4n) is 4.20. The summed E-state index contributed by atoms with van der Waals surface area (Å²) >= 11 is 0. The molecule has 1 N–H and O–H groups in total. The number of piperidine rings is 1. The molecule has 0 spiro atoms. The second kappa shape index (κ2) is 8.88. The van der Waals surface area contributed by atoms with E-state index < -0.39 is 6.10 Å². The first-order chi connectivity index (χ1) is 14.5. The maximum Gasteiger partial charge on any atom is 0.268 e. The lowest BCUT2D eigenvalue weighted by Crippen LogP contribution is -2.51. The molecule has 2 amide bonds. The first kappa shape index (κ1) is 20.4. The van der Waals surface area contributed by atoms with Crippen LogP contribution in [0.5, 0.6) is 5.75 Å². The lowest BCUT2D eigenvalue weighted by molar-refractivity contribution is -0.128. The summed E-state index contributed by atoms with van der Waals surface area (Å²) in [5, 5.41) is 3.13. The Morgan fingerprint density at radius 1 is 1.10 bits per heavy atom. The van der Waals surface area contributed by atoms with Crippen molar-refractivity contribution < 1.29 is 14.3 Å². The predicted octanol–water partition coefficient (Wildman–Crippen LogP) is 2.89. The van der Waals surface area contributed by atoms with E-state index in [-0.39, 0.29) is 24.4 Å². The molecule has 6 heteroatoms. The molecular formula is C24H29N3O3. The molecule has 2 aliphatic rings. The van der Waals surface area contributed by atoms with E-state index >= 15 is 0 Å². The number of hydrogen-bond acceptors (Lipinski definition) is 4. The third kappa shape index (κ3) is 4.49. The number of fused-ring (bicyclic) bond motifs is 1. The van der Waals surface area contributed by atoms with Gasteiger partial charge in [0.05, 0.1) is 5.69 Å². The van der Waals surface area contributed by atoms with E-state index in [1.165, 1.54) is 16.0 Å². The molecule has 0 saturated carbocycles. The molecule has 2 aromatic rings. The molecule has 2 aliphatic heterocycles. The van der Waals surface area contributed by atoms with Crippen LogP contribution in [0.1, 0.15) is 30.9 Å². The molecule has 4 rings (SSSR count). The van der Waals surface area contributed by atoms with Gasteiger partial charge >= 0.3 is 0 Å². The van der Waals surface area contributed by atoms with E-state index in [1.807, 2.05) is 24.3 Å². The number of carbonyl (C=O) groups is 2. The van der Waals surface area contributed by atoms with E-state index in [2.05, 4.69) is 41.4 Å². The Kier molecular flexibility index (Phi) is 6.04. The maximum atomic E-state index is 12.7. The van der Waals surface area contributed by atoms with Crippen molar-refractivity contribution in [1.82, 2.24) is 10.2 Å². The summed E-state index contributed by atoms with van der Waals surface area (Å²) in [6, 6.07) is 16.0. The molecular weight excluding hydrogens is 378 g/mol. The minimum atomic E-state index is -0.586. The van der Waals surface area contributed by atoms with Gasteiger partial charge in [-0.3, -0.25) is 19.4 Å². The third-order valence-electron chi connectivity index (χ3n) is 5.98. The lowest BCUT2D eigenvalue weighted by atomic mass is 10.0. The van der Waals surface area contributed by atoms with Crippen LogP contribution in [0.25, 0.3) is 0 Å². The van der Waals surface area contributed by atoms with Crippen LogP contribution in [0.2, 0.25) is 0 Å². The average Bonchev–Trinajstić information content (AvgIpc) is 2.74. The molecule has 0 radical (unpaired) electrons. The molecule has 1 fully saturated rings. The summed E-state index contributed by atoms with van der Waals surface area (Å²) in [6.45, 7) is 6.74. The molecule has 0 bridgehead atoms. The van der Waals surface area contributed by atoms with Gasteiger partial charge in [0.15, 0.2) is 6.10 Å². The van der Waals surface area contributed by atoms with Crippen molar-refractivity contribution in [3.05, 3.63) is 59.7 Å². The van der Waals surface area contributed by atoms with Crippen molar-refractivity contribution in [2.24, 2.45) is 0 Å². The normalized spacial score (nSPS) is 19.9. The van der Waals surface area contributed by atoms with Crippen LogP contribution in [-0.4, -0.2) is 48.5 Å². The Hall–Kier alpha value is -2.86. The highest BCUT2D eigenvalue weighted by Crippen LogP contribution is 2.33. The molecule has 1 saturated heterocycles. The molecule has 1 atom stereocenters. The van der Waals surface area contributed by atoms with Gasteiger partial charge in [-0.15, -0.1) is 0 Å². The summed E-state index contributed by atoms with van der Waals surface area (Å²) in [5.74, 6) is 0.337. The number of anilines is 1. The van der Waals surface area contributed by atoms with Gasteiger partial charge in [0, 0.05) is 25.7 Å². The summed E-state index contributed by atoms with van der Waals surface area (Å²) < 4.78 is 5.65. The lowest BCUT2D eigenvalue weighted by Gasteiger charge is -2.34. The number of aryl methyl sites for hydroxylation is 1. The van der Waals surface area contributed by atoms with Gasteiger partial charge < -0.3 is 10.1 Å². The SMILES string of the molecule is Cc1ccccc1CN1CCC(NC(=O)CN2C(=O)[C@H](C)Oc3ccccc32)CC1. The number of benzene rings is 2. The van der Waals surface area contributed by atoms with Gasteiger partial charge in [-0.1, -0.05) is 36.4 Å². The van der Waals surface area contributed by atoms with E-state index in [4.69, 9.17) is 4.74 Å². The Morgan fingerprint density at radius 3 is 2.57 bits per heavy atom. The van der Waals surface area contributed by atoms with Gasteiger partial charge in [-0.05, 0) is 49.9 Å². The Bertz CT molecular complexity index is 921. The van der Waals surface area contributed by atoms with Crippen LogP contribution < -0.4 is 15.0 Å². The number of amides is 2. The highest BCUT2D eigenvalue weighted by Gasteiger charge is 2.33. The van der Waals surface area contributed by atoms with E-state index in [0.717, 1.165) is 32.5 Å². The Balaban J connectivity index is 1.30. The highest BCUT2D eigenvalue weighted by atomic mass is 16.5. The summed E-state index contributed by atoms with van der Waals surface area (Å²) in [5.41, 5.74) is 3.33. The van der Waals surface area contributed by atoms with Crippen LogP contribution in [0.4, 0.5) is 5.69 Å². The molecule has 0 unspecified atom stereocenters. The molecule has 158 valence electrons. The first-order valence-corrected chi connectivity index (χ1v) is 10.6. The van der Waals surface area contributed by atoms with Gasteiger partial charge in [0.2, 0.25) is 5.91 Å². The fourth-order valence-corrected chi connectivity index (χ4v) is 4.20.